The van der Waals surface area contributed by atoms with Gasteiger partial charge in [0.05, 0.1) is 43.2 Å². The number of carbonyl (C=O) groups excluding carboxylic acids is 2. The molecule has 242 valence electrons. The SMILES string of the molecule is CCOc1cc([C@@H]2NC(=O)NC(C)=C2C(=O)OC)ccc1OC[C@@H](O)N/N=C/c1c(C)n(Cc2ccccc2C#N)c2ccccc12. The van der Waals surface area contributed by atoms with Gasteiger partial charge < -0.3 is 34.5 Å². The minimum absolute atomic E-state index is 0.154. The molecule has 0 saturated carbocycles. The van der Waals surface area contributed by atoms with Crippen LogP contribution in [0.5, 0.6) is 11.5 Å². The molecule has 0 spiro atoms. The highest BCUT2D eigenvalue weighted by molar-refractivity contribution is 6.01. The Bertz CT molecular complexity index is 1910. The van der Waals surface area contributed by atoms with Crippen LogP contribution in [-0.4, -0.2) is 54.4 Å². The van der Waals surface area contributed by atoms with E-state index in [1.807, 2.05) is 62.4 Å². The molecule has 5 rings (SSSR count). The van der Waals surface area contributed by atoms with E-state index in [-0.39, 0.29) is 12.2 Å². The molecule has 0 bridgehead atoms. The summed E-state index contributed by atoms with van der Waals surface area (Å²) in [6.45, 7) is 6.15. The van der Waals surface area contributed by atoms with Crippen LogP contribution in [0.1, 0.15) is 47.8 Å². The van der Waals surface area contributed by atoms with Crippen molar-refractivity contribution in [2.75, 3.05) is 20.3 Å². The summed E-state index contributed by atoms with van der Waals surface area (Å²) in [6.07, 6.45) is 0.507. The Morgan fingerprint density at radius 3 is 2.66 bits per heavy atom. The molecule has 3 aromatic carbocycles. The average Bonchev–Trinajstić information content (AvgIpc) is 3.33. The normalized spacial score (nSPS) is 15.1. The molecule has 0 radical (unpaired) electrons. The van der Waals surface area contributed by atoms with Crippen molar-refractivity contribution in [2.24, 2.45) is 5.10 Å². The van der Waals surface area contributed by atoms with Crippen molar-refractivity contribution in [3.8, 4) is 17.6 Å². The van der Waals surface area contributed by atoms with Gasteiger partial charge in [0.15, 0.2) is 17.7 Å². The smallest absolute Gasteiger partial charge is 0.337 e. The number of nitriles is 1. The first-order valence-electron chi connectivity index (χ1n) is 15.0. The molecule has 2 amide bonds. The number of nitrogens with one attached hydrogen (secondary N) is 3. The lowest BCUT2D eigenvalue weighted by atomic mass is 9.95. The number of benzene rings is 3. The number of aliphatic hydroxyl groups excluding tert-OH is 1. The van der Waals surface area contributed by atoms with Crippen LogP contribution in [0.4, 0.5) is 4.79 Å². The van der Waals surface area contributed by atoms with E-state index in [4.69, 9.17) is 14.2 Å². The maximum atomic E-state index is 12.5. The molecule has 47 heavy (non-hydrogen) atoms. The number of methoxy groups -OCH3 is 1. The monoisotopic (exact) mass is 636 g/mol. The summed E-state index contributed by atoms with van der Waals surface area (Å²) in [6, 6.07) is 21.6. The molecular formula is C35H36N6O6. The van der Waals surface area contributed by atoms with E-state index in [2.05, 4.69) is 31.8 Å². The predicted molar refractivity (Wildman–Crippen MR) is 176 cm³/mol. The number of esters is 1. The number of nitrogens with zero attached hydrogens (tertiary/aromatic N) is 3. The van der Waals surface area contributed by atoms with Crippen molar-refractivity contribution < 1.29 is 28.9 Å². The average molecular weight is 637 g/mol. The van der Waals surface area contributed by atoms with E-state index < -0.39 is 24.3 Å². The van der Waals surface area contributed by atoms with E-state index in [1.165, 1.54) is 7.11 Å². The Morgan fingerprint density at radius 2 is 1.89 bits per heavy atom. The molecule has 12 heteroatoms. The second kappa shape index (κ2) is 14.5. The van der Waals surface area contributed by atoms with E-state index in [0.717, 1.165) is 27.7 Å². The third-order valence-corrected chi connectivity index (χ3v) is 7.84. The lowest BCUT2D eigenvalue weighted by Gasteiger charge is -2.28. The highest BCUT2D eigenvalue weighted by atomic mass is 16.5. The van der Waals surface area contributed by atoms with Crippen LogP contribution in [0.25, 0.3) is 10.9 Å². The van der Waals surface area contributed by atoms with Gasteiger partial charge in [-0.15, -0.1) is 0 Å². The number of hydrogen-bond donors (Lipinski definition) is 4. The van der Waals surface area contributed by atoms with E-state index in [0.29, 0.717) is 41.5 Å². The molecule has 0 saturated heterocycles. The zero-order valence-corrected chi connectivity index (χ0v) is 26.5. The fourth-order valence-electron chi connectivity index (χ4n) is 5.57. The van der Waals surface area contributed by atoms with Crippen molar-refractivity contribution in [3.05, 3.63) is 106 Å². The number of hydrazone groups is 1. The van der Waals surface area contributed by atoms with Crippen LogP contribution in [0.3, 0.4) is 0 Å². The van der Waals surface area contributed by atoms with E-state index in [1.54, 1.807) is 31.3 Å². The number of amides is 2. The lowest BCUT2D eigenvalue weighted by Crippen LogP contribution is -2.45. The highest BCUT2D eigenvalue weighted by Gasteiger charge is 2.32. The third kappa shape index (κ3) is 7.05. The Balaban J connectivity index is 1.29. The maximum absolute atomic E-state index is 12.5. The quantitative estimate of drug-likeness (QED) is 0.0771. The van der Waals surface area contributed by atoms with Crippen LogP contribution in [0.2, 0.25) is 0 Å². The summed E-state index contributed by atoms with van der Waals surface area (Å²) < 4.78 is 18.7. The van der Waals surface area contributed by atoms with Gasteiger partial charge in [-0.2, -0.15) is 10.4 Å². The van der Waals surface area contributed by atoms with Gasteiger partial charge in [0.2, 0.25) is 0 Å². The van der Waals surface area contributed by atoms with Crippen LogP contribution in [-0.2, 0) is 16.1 Å². The van der Waals surface area contributed by atoms with Gasteiger partial charge in [-0.1, -0.05) is 42.5 Å². The summed E-state index contributed by atoms with van der Waals surface area (Å²) in [7, 11) is 1.28. The van der Waals surface area contributed by atoms with E-state index >= 15 is 0 Å². The van der Waals surface area contributed by atoms with Crippen molar-refractivity contribution >= 4 is 29.1 Å². The number of fused-ring (bicyclic) bond motifs is 1. The number of carbonyl (C=O) groups is 2. The second-order valence-electron chi connectivity index (χ2n) is 10.8. The number of ether oxygens (including phenoxy) is 3. The molecule has 4 aromatic rings. The largest absolute Gasteiger partial charge is 0.490 e. The van der Waals surface area contributed by atoms with Gasteiger partial charge in [0.25, 0.3) is 0 Å². The standard InChI is InChI=1S/C35H36N6O6/c1-5-46-30-16-23(33-32(34(43)45-4)21(2)38-35(44)39-33)14-15-29(30)47-20-31(42)40-37-18-27-22(3)41(28-13-9-8-12-26(27)28)19-25-11-7-6-10-24(25)17-36/h6-16,18,31,33,40,42H,5,19-20H2,1-4H3,(H2,38,39,44)/b37-18+/t31-,33+/m1/s1. The van der Waals surface area contributed by atoms with Gasteiger partial charge in [0, 0.05) is 34.4 Å². The first kappa shape index (κ1) is 32.6. The van der Waals surface area contributed by atoms with Gasteiger partial charge in [-0.3, -0.25) is 5.43 Å². The second-order valence-corrected chi connectivity index (χ2v) is 10.8. The molecule has 4 N–H and O–H groups in total. The number of aromatic nitrogens is 1. The predicted octanol–water partition coefficient (Wildman–Crippen LogP) is 4.39. The van der Waals surface area contributed by atoms with Crippen LogP contribution < -0.4 is 25.5 Å². The Kier molecular flexibility index (Phi) is 10.1. The topological polar surface area (TPSA) is 159 Å². The Labute approximate surface area is 272 Å². The number of para-hydroxylation sites is 1. The van der Waals surface area contributed by atoms with Gasteiger partial charge in [0.1, 0.15) is 6.61 Å². The summed E-state index contributed by atoms with van der Waals surface area (Å²) in [5, 5.41) is 30.9. The van der Waals surface area contributed by atoms with Crippen molar-refractivity contribution in [1.29, 1.82) is 5.26 Å². The summed E-state index contributed by atoms with van der Waals surface area (Å²) in [5.41, 5.74) is 8.35. The van der Waals surface area contributed by atoms with Crippen LogP contribution >= 0.6 is 0 Å². The fourth-order valence-corrected chi connectivity index (χ4v) is 5.57. The molecule has 2 atom stereocenters. The summed E-state index contributed by atoms with van der Waals surface area (Å²) in [4.78, 5) is 24.7. The minimum Gasteiger partial charge on any atom is -0.490 e. The zero-order chi connectivity index (χ0) is 33.5. The molecule has 2 heterocycles. The molecule has 1 aliphatic heterocycles. The fraction of sp³-hybridized carbons (Fsp3) is 0.257. The molecule has 1 aromatic heterocycles. The summed E-state index contributed by atoms with van der Waals surface area (Å²) in [5.74, 6) is 0.159. The first-order chi connectivity index (χ1) is 22.7. The van der Waals surface area contributed by atoms with Crippen molar-refractivity contribution in [3.63, 3.8) is 0 Å². The molecular weight excluding hydrogens is 600 g/mol. The molecule has 0 unspecified atom stereocenters. The van der Waals surface area contributed by atoms with Crippen LogP contribution in [0, 0.1) is 18.3 Å². The number of hydrogen-bond acceptors (Lipinski definition) is 9. The van der Waals surface area contributed by atoms with Crippen LogP contribution in [0.15, 0.2) is 83.1 Å². The molecule has 0 fully saturated rings. The van der Waals surface area contributed by atoms with Gasteiger partial charge in [-0.05, 0) is 56.2 Å². The molecule has 1 aliphatic rings. The number of urea groups is 1. The molecule has 12 nitrogen and oxygen atoms in total. The van der Waals surface area contributed by atoms with Crippen molar-refractivity contribution in [1.82, 2.24) is 20.6 Å². The first-order valence-corrected chi connectivity index (χ1v) is 15.0. The number of rotatable bonds is 12. The number of aliphatic hydroxyl groups is 1. The Hall–Kier alpha value is -5.80. The number of allylic oxidation sites excluding steroid dienone is 1. The molecule has 0 aliphatic carbocycles. The zero-order valence-electron chi connectivity index (χ0n) is 26.5. The Morgan fingerprint density at radius 1 is 1.13 bits per heavy atom. The third-order valence-electron chi connectivity index (χ3n) is 7.84. The van der Waals surface area contributed by atoms with Gasteiger partial charge >= 0.3 is 12.0 Å². The summed E-state index contributed by atoms with van der Waals surface area (Å²) >= 11 is 0. The van der Waals surface area contributed by atoms with Crippen molar-refractivity contribution in [2.45, 2.75) is 39.6 Å². The lowest BCUT2D eigenvalue weighted by molar-refractivity contribution is -0.136. The van der Waals surface area contributed by atoms with Gasteiger partial charge in [-0.25, -0.2) is 9.59 Å². The minimum atomic E-state index is -1.16. The maximum Gasteiger partial charge on any atom is 0.337 e. The van der Waals surface area contributed by atoms with E-state index in [9.17, 15) is 20.0 Å². The highest BCUT2D eigenvalue weighted by Crippen LogP contribution is 2.35.